The Labute approximate surface area is 114 Å². The van der Waals surface area contributed by atoms with Crippen molar-refractivity contribution in [3.05, 3.63) is 35.5 Å². The smallest absolute Gasteiger partial charge is 0.163 e. The minimum atomic E-state index is 0.154. The summed E-state index contributed by atoms with van der Waals surface area (Å²) < 4.78 is 5.31. The summed E-state index contributed by atoms with van der Waals surface area (Å²) >= 11 is 0. The molecule has 1 aliphatic carbocycles. The second kappa shape index (κ2) is 5.91. The number of ketones is 1. The summed E-state index contributed by atoms with van der Waals surface area (Å²) in [6.07, 6.45) is 4.80. The summed E-state index contributed by atoms with van der Waals surface area (Å²) in [5.74, 6) is 1.21. The number of hydrogen-bond acceptors (Lipinski definition) is 3. The van der Waals surface area contributed by atoms with E-state index in [2.05, 4.69) is 5.32 Å². The van der Waals surface area contributed by atoms with Crippen LogP contribution in [0, 0.1) is 12.8 Å². The van der Waals surface area contributed by atoms with Gasteiger partial charge in [0.05, 0.1) is 12.8 Å². The molecular weight excluding hydrogens is 238 g/mol. The number of rotatable bonds is 3. The van der Waals surface area contributed by atoms with Gasteiger partial charge in [0.15, 0.2) is 5.78 Å². The number of Topliss-reactive ketones (excluding diaryl/α,β-unsaturated/α-hetero) is 1. The number of allylic oxidation sites excluding steroid dienone is 1. The zero-order valence-corrected chi connectivity index (χ0v) is 11.8. The molecule has 1 saturated carbocycles. The molecule has 0 heterocycles. The molecule has 0 aliphatic heterocycles. The summed E-state index contributed by atoms with van der Waals surface area (Å²) in [6, 6.07) is 5.96. The predicted molar refractivity (Wildman–Crippen MR) is 77.5 cm³/mol. The molecule has 0 unspecified atom stereocenters. The van der Waals surface area contributed by atoms with Gasteiger partial charge in [0.1, 0.15) is 5.75 Å². The monoisotopic (exact) mass is 259 g/mol. The quantitative estimate of drug-likeness (QED) is 0.841. The molecule has 0 saturated heterocycles. The van der Waals surface area contributed by atoms with E-state index in [1.165, 1.54) is 0 Å². The van der Waals surface area contributed by atoms with Crippen molar-refractivity contribution in [3.8, 4) is 5.75 Å². The lowest BCUT2D eigenvalue weighted by atomic mass is 9.86. The van der Waals surface area contributed by atoms with Crippen LogP contribution in [0.5, 0.6) is 5.75 Å². The minimum Gasteiger partial charge on any atom is -0.495 e. The predicted octanol–water partition coefficient (Wildman–Crippen LogP) is 3.69. The fourth-order valence-electron chi connectivity index (χ4n) is 2.41. The number of benzene rings is 1. The number of hydrogen-bond donors (Lipinski definition) is 1. The highest BCUT2D eigenvalue weighted by molar-refractivity contribution is 5.97. The van der Waals surface area contributed by atoms with Crippen molar-refractivity contribution < 1.29 is 9.53 Å². The van der Waals surface area contributed by atoms with Crippen LogP contribution in [0.25, 0.3) is 0 Å². The minimum absolute atomic E-state index is 0.154. The van der Waals surface area contributed by atoms with Gasteiger partial charge in [-0.05, 0) is 43.9 Å². The second-order valence-corrected chi connectivity index (χ2v) is 5.18. The Kier molecular flexibility index (Phi) is 4.25. The third-order valence-electron chi connectivity index (χ3n) is 3.60. The van der Waals surface area contributed by atoms with Crippen LogP contribution < -0.4 is 10.1 Å². The molecule has 1 aromatic rings. The van der Waals surface area contributed by atoms with Gasteiger partial charge in [0.2, 0.25) is 0 Å². The molecule has 0 radical (unpaired) electrons. The number of methoxy groups -OCH3 is 1. The molecule has 1 aliphatic rings. The fraction of sp³-hybridized carbons (Fsp3) is 0.438. The Morgan fingerprint density at radius 2 is 2.21 bits per heavy atom. The van der Waals surface area contributed by atoms with E-state index in [0.717, 1.165) is 41.8 Å². The van der Waals surface area contributed by atoms with Crippen LogP contribution in [-0.2, 0) is 4.79 Å². The zero-order chi connectivity index (χ0) is 13.8. The second-order valence-electron chi connectivity index (χ2n) is 5.18. The van der Waals surface area contributed by atoms with Gasteiger partial charge in [0, 0.05) is 17.7 Å². The highest BCUT2D eigenvalue weighted by Crippen LogP contribution is 2.28. The molecule has 2 rings (SSSR count). The molecule has 102 valence electrons. The maximum atomic E-state index is 12.0. The first-order chi connectivity index (χ1) is 9.11. The first kappa shape index (κ1) is 13.7. The normalized spacial score (nSPS) is 21.5. The highest BCUT2D eigenvalue weighted by Gasteiger charge is 2.22. The Morgan fingerprint density at radius 1 is 1.42 bits per heavy atom. The fourth-order valence-corrected chi connectivity index (χ4v) is 2.41. The van der Waals surface area contributed by atoms with Gasteiger partial charge in [-0.2, -0.15) is 0 Å². The first-order valence-corrected chi connectivity index (χ1v) is 6.76. The molecule has 1 N–H and O–H groups in total. The van der Waals surface area contributed by atoms with Gasteiger partial charge in [-0.25, -0.2) is 0 Å². The maximum absolute atomic E-state index is 12.0. The SMILES string of the molecule is COc1ccc(C)cc1N/C=C1/CCC[C@@H](C)C1=O. The van der Waals surface area contributed by atoms with E-state index in [9.17, 15) is 4.79 Å². The molecule has 0 amide bonds. The molecule has 0 aromatic heterocycles. The lowest BCUT2D eigenvalue weighted by Gasteiger charge is -2.19. The van der Waals surface area contributed by atoms with Gasteiger partial charge >= 0.3 is 0 Å². The summed E-state index contributed by atoms with van der Waals surface area (Å²) in [5, 5.41) is 3.22. The van der Waals surface area contributed by atoms with Gasteiger partial charge in [-0.1, -0.05) is 13.0 Å². The molecule has 1 aromatic carbocycles. The van der Waals surface area contributed by atoms with E-state index >= 15 is 0 Å². The molecule has 3 heteroatoms. The Morgan fingerprint density at radius 3 is 2.95 bits per heavy atom. The molecule has 0 spiro atoms. The largest absolute Gasteiger partial charge is 0.495 e. The summed E-state index contributed by atoms with van der Waals surface area (Å²) in [7, 11) is 1.65. The molecule has 3 nitrogen and oxygen atoms in total. The van der Waals surface area contributed by atoms with Crippen LogP contribution in [-0.4, -0.2) is 12.9 Å². The van der Waals surface area contributed by atoms with Crippen molar-refractivity contribution in [2.24, 2.45) is 5.92 Å². The topological polar surface area (TPSA) is 38.3 Å². The third-order valence-corrected chi connectivity index (χ3v) is 3.60. The van der Waals surface area contributed by atoms with E-state index in [1.54, 1.807) is 7.11 Å². The molecule has 0 bridgehead atoms. The lowest BCUT2D eigenvalue weighted by Crippen LogP contribution is -2.19. The average Bonchev–Trinajstić information content (AvgIpc) is 2.40. The molecule has 19 heavy (non-hydrogen) atoms. The zero-order valence-electron chi connectivity index (χ0n) is 11.8. The Hall–Kier alpha value is -1.77. The van der Waals surface area contributed by atoms with Gasteiger partial charge in [0.25, 0.3) is 0 Å². The van der Waals surface area contributed by atoms with Gasteiger partial charge < -0.3 is 10.1 Å². The lowest BCUT2D eigenvalue weighted by molar-refractivity contribution is -0.119. The first-order valence-electron chi connectivity index (χ1n) is 6.76. The number of carbonyl (C=O) groups is 1. The average molecular weight is 259 g/mol. The number of nitrogens with one attached hydrogen (secondary N) is 1. The van der Waals surface area contributed by atoms with Crippen LogP contribution in [0.4, 0.5) is 5.69 Å². The number of aryl methyl sites for hydroxylation is 1. The van der Waals surface area contributed by atoms with Crippen LogP contribution in [0.15, 0.2) is 30.0 Å². The summed E-state index contributed by atoms with van der Waals surface area (Å²) in [5.41, 5.74) is 2.95. The van der Waals surface area contributed by atoms with Crippen molar-refractivity contribution >= 4 is 11.5 Å². The van der Waals surface area contributed by atoms with Crippen LogP contribution in [0.2, 0.25) is 0 Å². The van der Waals surface area contributed by atoms with Crippen LogP contribution in [0.3, 0.4) is 0 Å². The third kappa shape index (κ3) is 3.16. The van der Waals surface area contributed by atoms with Crippen LogP contribution >= 0.6 is 0 Å². The van der Waals surface area contributed by atoms with E-state index in [4.69, 9.17) is 4.74 Å². The number of anilines is 1. The van der Waals surface area contributed by atoms with E-state index < -0.39 is 0 Å². The van der Waals surface area contributed by atoms with E-state index in [1.807, 2.05) is 38.2 Å². The molecule has 1 atom stereocenters. The van der Waals surface area contributed by atoms with Crippen molar-refractivity contribution in [2.45, 2.75) is 33.1 Å². The Balaban J connectivity index is 2.17. The van der Waals surface area contributed by atoms with E-state index in [0.29, 0.717) is 0 Å². The van der Waals surface area contributed by atoms with Crippen LogP contribution in [0.1, 0.15) is 31.7 Å². The van der Waals surface area contributed by atoms with E-state index in [-0.39, 0.29) is 11.7 Å². The van der Waals surface area contributed by atoms with Gasteiger partial charge in [-0.3, -0.25) is 4.79 Å². The van der Waals surface area contributed by atoms with Crippen molar-refractivity contribution in [1.82, 2.24) is 0 Å². The van der Waals surface area contributed by atoms with Gasteiger partial charge in [-0.15, -0.1) is 0 Å². The number of ether oxygens (including phenoxy) is 1. The standard InChI is InChI=1S/C16H21NO2/c1-11-7-8-15(19-3)14(9-11)17-10-13-6-4-5-12(2)16(13)18/h7-10,12,17H,4-6H2,1-3H3/b13-10-/t12-/m1/s1. The number of carbonyl (C=O) groups excluding carboxylic acids is 1. The van der Waals surface area contributed by atoms with Crippen molar-refractivity contribution in [2.75, 3.05) is 12.4 Å². The molecular formula is C16H21NO2. The van der Waals surface area contributed by atoms with Crippen molar-refractivity contribution in [3.63, 3.8) is 0 Å². The highest BCUT2D eigenvalue weighted by atomic mass is 16.5. The Bertz CT molecular complexity index is 505. The maximum Gasteiger partial charge on any atom is 0.163 e. The van der Waals surface area contributed by atoms with Crippen molar-refractivity contribution in [1.29, 1.82) is 0 Å². The molecule has 1 fully saturated rings. The summed E-state index contributed by atoms with van der Waals surface area (Å²) in [4.78, 5) is 12.0. The summed E-state index contributed by atoms with van der Waals surface area (Å²) in [6.45, 7) is 4.04.